The second-order valence-corrected chi connectivity index (χ2v) is 8.75. The lowest BCUT2D eigenvalue weighted by atomic mass is 9.99. The van der Waals surface area contributed by atoms with Gasteiger partial charge < -0.3 is 15.4 Å². The molecule has 24 heavy (non-hydrogen) atoms. The molecule has 1 aliphatic rings. The standard InChI is InChI=1S/C17H30N4OS2/c1-4-18-16(19-9-6-15-12-23-14(3)21-15)20-13-17(24-5-2)7-10-22-11-8-17/h12H,4-11,13H2,1-3H3,(H2,18,19,20). The first-order chi connectivity index (χ1) is 11.7. The van der Waals surface area contributed by atoms with Crippen LogP contribution in [0.3, 0.4) is 0 Å². The molecule has 0 saturated carbocycles. The molecule has 136 valence electrons. The summed E-state index contributed by atoms with van der Waals surface area (Å²) in [4.78, 5) is 9.37. The summed E-state index contributed by atoms with van der Waals surface area (Å²) in [5.74, 6) is 2.04. The fourth-order valence-electron chi connectivity index (χ4n) is 2.79. The molecule has 2 rings (SSSR count). The van der Waals surface area contributed by atoms with Crippen molar-refractivity contribution >= 4 is 29.1 Å². The highest BCUT2D eigenvalue weighted by Crippen LogP contribution is 2.35. The lowest BCUT2D eigenvalue weighted by molar-refractivity contribution is 0.0793. The Morgan fingerprint density at radius 3 is 2.79 bits per heavy atom. The van der Waals surface area contributed by atoms with Crippen LogP contribution in [-0.4, -0.2) is 54.3 Å². The van der Waals surface area contributed by atoms with Crippen molar-refractivity contribution in [1.82, 2.24) is 15.6 Å². The van der Waals surface area contributed by atoms with Crippen molar-refractivity contribution < 1.29 is 4.74 Å². The molecule has 0 spiro atoms. The van der Waals surface area contributed by atoms with Crippen LogP contribution in [0.2, 0.25) is 0 Å². The van der Waals surface area contributed by atoms with Gasteiger partial charge in [0, 0.05) is 42.9 Å². The van der Waals surface area contributed by atoms with Crippen molar-refractivity contribution in [2.45, 2.75) is 44.8 Å². The maximum absolute atomic E-state index is 5.54. The minimum absolute atomic E-state index is 0.237. The van der Waals surface area contributed by atoms with Gasteiger partial charge in [-0.05, 0) is 32.4 Å². The molecule has 5 nitrogen and oxygen atoms in total. The summed E-state index contributed by atoms with van der Waals surface area (Å²) in [7, 11) is 0. The van der Waals surface area contributed by atoms with Crippen LogP contribution in [0.4, 0.5) is 0 Å². The van der Waals surface area contributed by atoms with Gasteiger partial charge in [0.1, 0.15) is 0 Å². The van der Waals surface area contributed by atoms with E-state index in [4.69, 9.17) is 9.73 Å². The summed E-state index contributed by atoms with van der Waals surface area (Å²) >= 11 is 3.74. The number of aliphatic imine (C=N–C) groups is 1. The van der Waals surface area contributed by atoms with Gasteiger partial charge >= 0.3 is 0 Å². The van der Waals surface area contributed by atoms with Crippen molar-refractivity contribution in [3.8, 4) is 0 Å². The van der Waals surface area contributed by atoms with E-state index in [1.165, 1.54) is 0 Å². The number of hydrogen-bond acceptors (Lipinski definition) is 5. The maximum atomic E-state index is 5.54. The summed E-state index contributed by atoms with van der Waals surface area (Å²) in [6.07, 6.45) is 3.11. The van der Waals surface area contributed by atoms with Crippen LogP contribution in [0.5, 0.6) is 0 Å². The molecule has 1 aromatic rings. The van der Waals surface area contributed by atoms with Crippen LogP contribution < -0.4 is 10.6 Å². The van der Waals surface area contributed by atoms with E-state index >= 15 is 0 Å². The van der Waals surface area contributed by atoms with Gasteiger partial charge in [0.05, 0.1) is 17.2 Å². The van der Waals surface area contributed by atoms with Crippen molar-refractivity contribution in [3.63, 3.8) is 0 Å². The number of thiazole rings is 1. The predicted molar refractivity (Wildman–Crippen MR) is 105 cm³/mol. The van der Waals surface area contributed by atoms with E-state index in [0.717, 1.165) is 74.5 Å². The average molecular weight is 371 g/mol. The average Bonchev–Trinajstić information content (AvgIpc) is 2.99. The third-order valence-electron chi connectivity index (χ3n) is 4.06. The van der Waals surface area contributed by atoms with Crippen LogP contribution in [0.25, 0.3) is 0 Å². The SMILES string of the molecule is CCNC(=NCC1(SCC)CCOCC1)NCCc1csc(C)n1. The van der Waals surface area contributed by atoms with Gasteiger partial charge in [0.15, 0.2) is 5.96 Å². The van der Waals surface area contributed by atoms with Crippen LogP contribution in [0.1, 0.15) is 37.4 Å². The Morgan fingerprint density at radius 2 is 2.17 bits per heavy atom. The third-order valence-corrected chi connectivity index (χ3v) is 6.32. The normalized spacial score (nSPS) is 17.7. The smallest absolute Gasteiger partial charge is 0.191 e. The molecule has 2 heterocycles. The molecule has 0 radical (unpaired) electrons. The molecule has 0 aromatic carbocycles. The monoisotopic (exact) mass is 370 g/mol. The van der Waals surface area contributed by atoms with E-state index in [9.17, 15) is 0 Å². The number of nitrogens with zero attached hydrogens (tertiary/aromatic N) is 2. The summed E-state index contributed by atoms with van der Waals surface area (Å²) in [6, 6.07) is 0. The second kappa shape index (κ2) is 10.3. The summed E-state index contributed by atoms with van der Waals surface area (Å²) in [5.41, 5.74) is 1.16. The van der Waals surface area contributed by atoms with E-state index in [1.54, 1.807) is 11.3 Å². The molecule has 2 N–H and O–H groups in total. The molecule has 0 amide bonds. The topological polar surface area (TPSA) is 58.5 Å². The van der Waals surface area contributed by atoms with Gasteiger partial charge in [-0.3, -0.25) is 4.99 Å². The first-order valence-electron chi connectivity index (χ1n) is 8.82. The fraction of sp³-hybridized carbons (Fsp3) is 0.765. The Hall–Kier alpha value is -0.790. The number of nitrogens with one attached hydrogen (secondary N) is 2. The van der Waals surface area contributed by atoms with Crippen LogP contribution >= 0.6 is 23.1 Å². The van der Waals surface area contributed by atoms with Gasteiger partial charge in [-0.15, -0.1) is 11.3 Å². The highest BCUT2D eigenvalue weighted by Gasteiger charge is 2.32. The van der Waals surface area contributed by atoms with Crippen molar-refractivity contribution in [2.24, 2.45) is 4.99 Å². The highest BCUT2D eigenvalue weighted by molar-refractivity contribution is 8.00. The lowest BCUT2D eigenvalue weighted by Crippen LogP contribution is -2.41. The van der Waals surface area contributed by atoms with Gasteiger partial charge in [0.25, 0.3) is 0 Å². The Balaban J connectivity index is 1.88. The molecule has 7 heteroatoms. The molecule has 0 unspecified atom stereocenters. The van der Waals surface area contributed by atoms with Crippen molar-refractivity contribution in [2.75, 3.05) is 38.6 Å². The minimum atomic E-state index is 0.237. The minimum Gasteiger partial charge on any atom is -0.381 e. The Kier molecular flexibility index (Phi) is 8.35. The first kappa shape index (κ1) is 19.5. The Morgan fingerprint density at radius 1 is 1.38 bits per heavy atom. The van der Waals surface area contributed by atoms with E-state index < -0.39 is 0 Å². The number of aryl methyl sites for hydroxylation is 1. The fourth-order valence-corrected chi connectivity index (χ4v) is 4.67. The van der Waals surface area contributed by atoms with Gasteiger partial charge in [-0.1, -0.05) is 6.92 Å². The van der Waals surface area contributed by atoms with E-state index in [2.05, 4.69) is 34.8 Å². The second-order valence-electron chi connectivity index (χ2n) is 5.96. The number of ether oxygens (including phenoxy) is 1. The van der Waals surface area contributed by atoms with E-state index in [-0.39, 0.29) is 4.75 Å². The number of aromatic nitrogens is 1. The van der Waals surface area contributed by atoms with Gasteiger partial charge in [0.2, 0.25) is 0 Å². The van der Waals surface area contributed by atoms with Gasteiger partial charge in [-0.25, -0.2) is 4.98 Å². The molecule has 0 bridgehead atoms. The Labute approximate surface area is 154 Å². The molecule has 0 aliphatic carbocycles. The zero-order valence-corrected chi connectivity index (χ0v) is 16.7. The molecule has 1 fully saturated rings. The summed E-state index contributed by atoms with van der Waals surface area (Å²) in [6.45, 7) is 10.7. The lowest BCUT2D eigenvalue weighted by Gasteiger charge is -2.35. The largest absolute Gasteiger partial charge is 0.381 e. The van der Waals surface area contributed by atoms with Gasteiger partial charge in [-0.2, -0.15) is 11.8 Å². The Bertz CT molecular complexity index is 507. The summed E-state index contributed by atoms with van der Waals surface area (Å²) < 4.78 is 5.78. The number of guanidine groups is 1. The summed E-state index contributed by atoms with van der Waals surface area (Å²) in [5, 5.41) is 10.1. The molecule has 1 aromatic heterocycles. The quantitative estimate of drug-likeness (QED) is 0.544. The highest BCUT2D eigenvalue weighted by atomic mass is 32.2. The third kappa shape index (κ3) is 6.26. The van der Waals surface area contributed by atoms with E-state index in [1.807, 2.05) is 18.7 Å². The molecule has 1 aliphatic heterocycles. The van der Waals surface area contributed by atoms with Crippen molar-refractivity contribution in [3.05, 3.63) is 16.1 Å². The maximum Gasteiger partial charge on any atom is 0.191 e. The zero-order chi connectivity index (χ0) is 17.3. The number of hydrogen-bond donors (Lipinski definition) is 2. The number of thioether (sulfide) groups is 1. The predicted octanol–water partition coefficient (Wildman–Crippen LogP) is 2.85. The molecular weight excluding hydrogens is 340 g/mol. The van der Waals surface area contributed by atoms with E-state index in [0.29, 0.717) is 0 Å². The number of rotatable bonds is 8. The molecule has 0 atom stereocenters. The van der Waals surface area contributed by atoms with Crippen LogP contribution in [-0.2, 0) is 11.2 Å². The molecular formula is C17H30N4OS2. The molecule has 1 saturated heterocycles. The van der Waals surface area contributed by atoms with Crippen LogP contribution in [0, 0.1) is 6.92 Å². The van der Waals surface area contributed by atoms with Crippen molar-refractivity contribution in [1.29, 1.82) is 0 Å². The first-order valence-corrected chi connectivity index (χ1v) is 10.7. The van der Waals surface area contributed by atoms with Crippen LogP contribution in [0.15, 0.2) is 10.4 Å². The zero-order valence-electron chi connectivity index (χ0n) is 15.1.